The zero-order valence-corrected chi connectivity index (χ0v) is 15.9. The highest BCUT2D eigenvalue weighted by molar-refractivity contribution is 6.01. The lowest BCUT2D eigenvalue weighted by Gasteiger charge is -2.32. The molecule has 0 radical (unpaired) electrons. The second-order valence-corrected chi connectivity index (χ2v) is 7.46. The van der Waals surface area contributed by atoms with Crippen LogP contribution >= 0.6 is 0 Å². The smallest absolute Gasteiger partial charge is 0.222 e. The molecule has 0 bridgehead atoms. The number of aryl methyl sites for hydroxylation is 1. The second-order valence-electron chi connectivity index (χ2n) is 7.46. The molecular weight excluding hydrogens is 348 g/mol. The predicted molar refractivity (Wildman–Crippen MR) is 110 cm³/mol. The number of likely N-dealkylation sites (tertiary alicyclic amines) is 1. The Labute approximate surface area is 165 Å². The van der Waals surface area contributed by atoms with E-state index in [1.807, 2.05) is 59.5 Å². The molecule has 0 N–H and O–H groups in total. The summed E-state index contributed by atoms with van der Waals surface area (Å²) in [6, 6.07) is 17.8. The minimum absolute atomic E-state index is 0.111. The van der Waals surface area contributed by atoms with Gasteiger partial charge < -0.3 is 4.90 Å². The largest absolute Gasteiger partial charge is 0.342 e. The van der Waals surface area contributed by atoms with Crippen molar-refractivity contribution < 1.29 is 9.59 Å². The highest BCUT2D eigenvalue weighted by atomic mass is 16.2. The molecule has 3 aromatic rings. The van der Waals surface area contributed by atoms with Crippen molar-refractivity contribution >= 4 is 22.5 Å². The van der Waals surface area contributed by atoms with Crippen LogP contribution in [-0.4, -0.2) is 34.7 Å². The third-order valence-corrected chi connectivity index (χ3v) is 5.56. The lowest BCUT2D eigenvalue weighted by atomic mass is 9.89. The number of pyridine rings is 1. The number of carbonyl (C=O) groups is 2. The maximum atomic E-state index is 13.0. The number of aromatic nitrogens is 1. The summed E-state index contributed by atoms with van der Waals surface area (Å²) in [5, 5.41) is 2.21. The third kappa shape index (κ3) is 4.11. The Morgan fingerprint density at radius 1 is 1.00 bits per heavy atom. The Hall–Kier alpha value is -3.01. The summed E-state index contributed by atoms with van der Waals surface area (Å²) in [7, 11) is 0. The highest BCUT2D eigenvalue weighted by Gasteiger charge is 2.28. The van der Waals surface area contributed by atoms with E-state index in [-0.39, 0.29) is 17.6 Å². The first-order valence-corrected chi connectivity index (χ1v) is 9.90. The maximum Gasteiger partial charge on any atom is 0.222 e. The molecule has 1 amide bonds. The monoisotopic (exact) mass is 372 g/mol. The number of piperidine rings is 1. The fraction of sp³-hybridized carbons (Fsp3) is 0.292. The molecule has 0 unspecified atom stereocenters. The SMILES string of the molecule is O=C(c1ccc2ccccc2c1)[C@H]1CCCN(C(=O)CCc2ccncc2)C1. The van der Waals surface area contributed by atoms with E-state index in [0.717, 1.165) is 41.3 Å². The summed E-state index contributed by atoms with van der Waals surface area (Å²) in [6.07, 6.45) is 6.41. The number of rotatable bonds is 5. The molecule has 0 aliphatic carbocycles. The number of fused-ring (bicyclic) bond motifs is 1. The quantitative estimate of drug-likeness (QED) is 0.628. The Morgan fingerprint density at radius 2 is 1.79 bits per heavy atom. The number of Topliss-reactive ketones (excluding diaryl/α,β-unsaturated/α-hetero) is 1. The number of nitrogens with zero attached hydrogens (tertiary/aromatic N) is 2. The molecule has 1 aliphatic rings. The van der Waals surface area contributed by atoms with Crippen LogP contribution < -0.4 is 0 Å². The van der Waals surface area contributed by atoms with Gasteiger partial charge >= 0.3 is 0 Å². The highest BCUT2D eigenvalue weighted by Crippen LogP contribution is 2.24. The van der Waals surface area contributed by atoms with Crippen molar-refractivity contribution in [3.05, 3.63) is 78.1 Å². The molecule has 1 atom stereocenters. The predicted octanol–water partition coefficient (Wildman–Crippen LogP) is 4.29. The average molecular weight is 372 g/mol. The molecule has 4 rings (SSSR count). The number of hydrogen-bond acceptors (Lipinski definition) is 3. The van der Waals surface area contributed by atoms with Crippen molar-refractivity contribution in [3.63, 3.8) is 0 Å². The van der Waals surface area contributed by atoms with Gasteiger partial charge in [-0.25, -0.2) is 0 Å². The normalized spacial score (nSPS) is 16.9. The van der Waals surface area contributed by atoms with Crippen LogP contribution in [0.25, 0.3) is 10.8 Å². The Morgan fingerprint density at radius 3 is 2.61 bits per heavy atom. The molecule has 1 saturated heterocycles. The van der Waals surface area contributed by atoms with Crippen LogP contribution in [-0.2, 0) is 11.2 Å². The van der Waals surface area contributed by atoms with Gasteiger partial charge in [0.25, 0.3) is 0 Å². The minimum Gasteiger partial charge on any atom is -0.342 e. The van der Waals surface area contributed by atoms with Crippen LogP contribution in [0.15, 0.2) is 67.0 Å². The zero-order chi connectivity index (χ0) is 19.3. The fourth-order valence-electron chi connectivity index (χ4n) is 3.95. The molecule has 2 heterocycles. The summed E-state index contributed by atoms with van der Waals surface area (Å²) in [5.74, 6) is 0.171. The molecule has 4 nitrogen and oxygen atoms in total. The van der Waals surface area contributed by atoms with E-state index in [1.165, 1.54) is 0 Å². The first-order chi connectivity index (χ1) is 13.7. The van der Waals surface area contributed by atoms with E-state index in [2.05, 4.69) is 4.98 Å². The van der Waals surface area contributed by atoms with Crippen LogP contribution in [0.2, 0.25) is 0 Å². The summed E-state index contributed by atoms with van der Waals surface area (Å²) in [5.41, 5.74) is 1.86. The van der Waals surface area contributed by atoms with Gasteiger partial charge in [0.05, 0.1) is 0 Å². The molecule has 1 aliphatic heterocycles. The lowest BCUT2D eigenvalue weighted by Crippen LogP contribution is -2.42. The maximum absolute atomic E-state index is 13.0. The van der Waals surface area contributed by atoms with Crippen molar-refractivity contribution in [2.75, 3.05) is 13.1 Å². The molecule has 0 spiro atoms. The Kier molecular flexibility index (Phi) is 5.47. The molecule has 1 fully saturated rings. The standard InChI is InChI=1S/C24H24N2O2/c27-23(10-7-18-11-13-25-14-12-18)26-15-3-6-22(17-26)24(28)21-9-8-19-4-1-2-5-20(19)16-21/h1-2,4-5,8-9,11-14,16,22H,3,6-7,10,15,17H2/t22-/m0/s1. The van der Waals surface area contributed by atoms with Gasteiger partial charge in [-0.05, 0) is 53.8 Å². The molecule has 142 valence electrons. The van der Waals surface area contributed by atoms with Crippen LogP contribution in [0, 0.1) is 5.92 Å². The zero-order valence-electron chi connectivity index (χ0n) is 15.9. The molecule has 1 aromatic heterocycles. The van der Waals surface area contributed by atoms with Crippen molar-refractivity contribution in [1.82, 2.24) is 9.88 Å². The van der Waals surface area contributed by atoms with Gasteiger partial charge in [-0.1, -0.05) is 36.4 Å². The van der Waals surface area contributed by atoms with Crippen molar-refractivity contribution in [2.45, 2.75) is 25.7 Å². The first-order valence-electron chi connectivity index (χ1n) is 9.90. The number of amides is 1. The van der Waals surface area contributed by atoms with Crippen LogP contribution in [0.4, 0.5) is 0 Å². The molecule has 4 heteroatoms. The van der Waals surface area contributed by atoms with Crippen LogP contribution in [0.3, 0.4) is 0 Å². The topological polar surface area (TPSA) is 50.3 Å². The number of hydrogen-bond donors (Lipinski definition) is 0. The van der Waals surface area contributed by atoms with E-state index in [9.17, 15) is 9.59 Å². The van der Waals surface area contributed by atoms with E-state index in [0.29, 0.717) is 19.4 Å². The van der Waals surface area contributed by atoms with Gasteiger partial charge in [0.1, 0.15) is 0 Å². The van der Waals surface area contributed by atoms with Crippen molar-refractivity contribution in [2.24, 2.45) is 5.92 Å². The average Bonchev–Trinajstić information content (AvgIpc) is 2.77. The van der Waals surface area contributed by atoms with E-state index in [4.69, 9.17) is 0 Å². The fourth-order valence-corrected chi connectivity index (χ4v) is 3.95. The van der Waals surface area contributed by atoms with Crippen molar-refractivity contribution in [3.8, 4) is 0 Å². The third-order valence-electron chi connectivity index (χ3n) is 5.56. The Balaban J connectivity index is 1.40. The van der Waals surface area contributed by atoms with E-state index >= 15 is 0 Å². The van der Waals surface area contributed by atoms with E-state index < -0.39 is 0 Å². The number of ketones is 1. The van der Waals surface area contributed by atoms with Crippen molar-refractivity contribution in [1.29, 1.82) is 0 Å². The Bertz CT molecular complexity index is 984. The molecule has 28 heavy (non-hydrogen) atoms. The minimum atomic E-state index is -0.111. The molecule has 2 aromatic carbocycles. The first kappa shape index (κ1) is 18.4. The second kappa shape index (κ2) is 8.34. The van der Waals surface area contributed by atoms with Gasteiger partial charge in [-0.3, -0.25) is 14.6 Å². The lowest BCUT2D eigenvalue weighted by molar-refractivity contribution is -0.132. The summed E-state index contributed by atoms with van der Waals surface area (Å²) in [6.45, 7) is 1.28. The van der Waals surface area contributed by atoms with Gasteiger partial charge in [0.15, 0.2) is 5.78 Å². The number of benzene rings is 2. The summed E-state index contributed by atoms with van der Waals surface area (Å²) < 4.78 is 0. The van der Waals surface area contributed by atoms with E-state index in [1.54, 1.807) is 12.4 Å². The van der Waals surface area contributed by atoms with Gasteiger partial charge in [-0.2, -0.15) is 0 Å². The van der Waals surface area contributed by atoms with Crippen LogP contribution in [0.1, 0.15) is 35.2 Å². The number of carbonyl (C=O) groups excluding carboxylic acids is 2. The van der Waals surface area contributed by atoms with Gasteiger partial charge in [0, 0.05) is 43.4 Å². The van der Waals surface area contributed by atoms with Gasteiger partial charge in [0.2, 0.25) is 5.91 Å². The summed E-state index contributed by atoms with van der Waals surface area (Å²) in [4.78, 5) is 31.6. The molecule has 0 saturated carbocycles. The van der Waals surface area contributed by atoms with Crippen LogP contribution in [0.5, 0.6) is 0 Å². The summed E-state index contributed by atoms with van der Waals surface area (Å²) >= 11 is 0. The van der Waals surface area contributed by atoms with Gasteiger partial charge in [-0.15, -0.1) is 0 Å². The molecular formula is C24H24N2O2.